The summed E-state index contributed by atoms with van der Waals surface area (Å²) >= 11 is 0. The molecule has 3 N–H and O–H groups in total. The Morgan fingerprint density at radius 2 is 1.61 bits per heavy atom. The van der Waals surface area contributed by atoms with Crippen molar-refractivity contribution in [2.75, 3.05) is 11.9 Å². The Morgan fingerprint density at radius 1 is 1.00 bits per heavy atom. The van der Waals surface area contributed by atoms with Gasteiger partial charge in [0.25, 0.3) is 5.91 Å². The van der Waals surface area contributed by atoms with Crippen LogP contribution in [0.1, 0.15) is 56.5 Å². The van der Waals surface area contributed by atoms with Crippen LogP contribution in [0.25, 0.3) is 0 Å². The molecule has 0 bridgehead atoms. The fraction of sp³-hybridized carbons (Fsp3) is 0.375. The maximum atomic E-state index is 12.2. The van der Waals surface area contributed by atoms with E-state index < -0.39 is 23.9 Å². The molecule has 0 aliphatic heterocycles. The van der Waals surface area contributed by atoms with Gasteiger partial charge in [0.15, 0.2) is 6.10 Å². The first-order chi connectivity index (χ1) is 14.6. The van der Waals surface area contributed by atoms with Crippen molar-refractivity contribution >= 4 is 23.5 Å². The summed E-state index contributed by atoms with van der Waals surface area (Å²) in [6.07, 6.45) is -0.331. The first-order valence-electron chi connectivity index (χ1n) is 10.2. The Morgan fingerprint density at radius 3 is 2.16 bits per heavy atom. The van der Waals surface area contributed by atoms with E-state index in [-0.39, 0.29) is 11.8 Å². The van der Waals surface area contributed by atoms with Crippen LogP contribution in [0, 0.1) is 0 Å². The number of primary amides is 1. The predicted molar refractivity (Wildman–Crippen MR) is 119 cm³/mol. The van der Waals surface area contributed by atoms with E-state index in [1.807, 2.05) is 24.3 Å². The van der Waals surface area contributed by atoms with Gasteiger partial charge in [-0.3, -0.25) is 14.4 Å². The van der Waals surface area contributed by atoms with Crippen molar-refractivity contribution in [3.63, 3.8) is 0 Å². The Kier molecular flexibility index (Phi) is 8.19. The highest BCUT2D eigenvalue weighted by Crippen LogP contribution is 2.24. The van der Waals surface area contributed by atoms with Crippen molar-refractivity contribution in [2.24, 2.45) is 5.73 Å². The lowest BCUT2D eigenvalue weighted by Crippen LogP contribution is -2.30. The van der Waals surface area contributed by atoms with Gasteiger partial charge in [0, 0.05) is 17.7 Å². The number of carbonyl (C=O) groups is 3. The fourth-order valence-electron chi connectivity index (χ4n) is 2.73. The molecule has 0 radical (unpaired) electrons. The summed E-state index contributed by atoms with van der Waals surface area (Å²) in [7, 11) is 0. The number of anilines is 1. The molecule has 2 aromatic rings. The second kappa shape index (κ2) is 10.6. The molecular formula is C24H30N2O5. The maximum absolute atomic E-state index is 12.2. The number of esters is 1. The highest BCUT2D eigenvalue weighted by Gasteiger charge is 2.18. The number of rotatable bonds is 9. The molecule has 0 aliphatic carbocycles. The fourth-order valence-corrected chi connectivity index (χ4v) is 2.73. The van der Waals surface area contributed by atoms with Gasteiger partial charge in [-0.05, 0) is 60.7 Å². The summed E-state index contributed by atoms with van der Waals surface area (Å²) in [5.41, 5.74) is 7.30. The summed E-state index contributed by atoms with van der Waals surface area (Å²) in [6, 6.07) is 14.0. The van der Waals surface area contributed by atoms with E-state index >= 15 is 0 Å². The first kappa shape index (κ1) is 23.9. The molecule has 7 heteroatoms. The van der Waals surface area contributed by atoms with Crippen LogP contribution in [0.4, 0.5) is 5.69 Å². The zero-order chi connectivity index (χ0) is 23.0. The number of ether oxygens (including phenoxy) is 2. The lowest BCUT2D eigenvalue weighted by molar-refractivity contribution is -0.153. The minimum Gasteiger partial charge on any atom is -0.494 e. The molecule has 7 nitrogen and oxygen atoms in total. The Hall–Kier alpha value is -3.35. The van der Waals surface area contributed by atoms with Gasteiger partial charge in [-0.1, -0.05) is 32.9 Å². The third-order valence-corrected chi connectivity index (χ3v) is 4.63. The quantitative estimate of drug-likeness (QED) is 0.468. The van der Waals surface area contributed by atoms with Gasteiger partial charge in [-0.15, -0.1) is 0 Å². The van der Waals surface area contributed by atoms with E-state index in [9.17, 15) is 14.4 Å². The molecular weight excluding hydrogens is 396 g/mol. The lowest BCUT2D eigenvalue weighted by Gasteiger charge is -2.19. The number of hydrogen-bond donors (Lipinski definition) is 2. The predicted octanol–water partition coefficient (Wildman–Crippen LogP) is 3.81. The molecule has 2 rings (SSSR count). The normalized spacial score (nSPS) is 12.0. The summed E-state index contributed by atoms with van der Waals surface area (Å²) in [6.45, 7) is 8.31. The van der Waals surface area contributed by atoms with Gasteiger partial charge in [-0.2, -0.15) is 0 Å². The van der Waals surface area contributed by atoms with Crippen molar-refractivity contribution in [3.05, 3.63) is 59.7 Å². The second-order valence-electron chi connectivity index (χ2n) is 8.29. The molecule has 2 amide bonds. The van der Waals surface area contributed by atoms with Gasteiger partial charge < -0.3 is 20.5 Å². The van der Waals surface area contributed by atoms with E-state index in [0.29, 0.717) is 24.3 Å². The number of nitrogens with one attached hydrogen (secondary N) is 1. The Balaban J connectivity index is 1.70. The van der Waals surface area contributed by atoms with Crippen LogP contribution in [0.3, 0.4) is 0 Å². The summed E-state index contributed by atoms with van der Waals surface area (Å²) < 4.78 is 10.8. The molecule has 166 valence electrons. The van der Waals surface area contributed by atoms with Crippen LogP contribution < -0.4 is 15.8 Å². The number of carbonyl (C=O) groups excluding carboxylic acids is 3. The third-order valence-electron chi connectivity index (χ3n) is 4.63. The van der Waals surface area contributed by atoms with Crippen LogP contribution in [-0.4, -0.2) is 30.5 Å². The highest BCUT2D eigenvalue weighted by atomic mass is 16.5. The molecule has 0 heterocycles. The van der Waals surface area contributed by atoms with Crippen molar-refractivity contribution in [3.8, 4) is 5.75 Å². The standard InChI is InChI=1S/C24H30N2O5/c1-16(23(29)26-19-11-7-17(8-12-19)22(25)28)31-21(27)6-5-15-30-20-13-9-18(10-14-20)24(2,3)4/h7-14,16H,5-6,15H2,1-4H3,(H2,25,28)(H,26,29)/t16-/m0/s1. The van der Waals surface area contributed by atoms with Crippen LogP contribution in [0.2, 0.25) is 0 Å². The molecule has 0 fully saturated rings. The maximum Gasteiger partial charge on any atom is 0.306 e. The Bertz CT molecular complexity index is 899. The van der Waals surface area contributed by atoms with E-state index in [1.165, 1.54) is 24.6 Å². The number of amides is 2. The van der Waals surface area contributed by atoms with Crippen molar-refractivity contribution in [1.82, 2.24) is 0 Å². The molecule has 31 heavy (non-hydrogen) atoms. The molecule has 0 spiro atoms. The average molecular weight is 427 g/mol. The van der Waals surface area contributed by atoms with Gasteiger partial charge in [0.1, 0.15) is 5.75 Å². The van der Waals surface area contributed by atoms with Crippen LogP contribution in [0.15, 0.2) is 48.5 Å². The average Bonchev–Trinajstić information content (AvgIpc) is 2.71. The van der Waals surface area contributed by atoms with E-state index in [0.717, 1.165) is 5.75 Å². The Labute approximate surface area is 182 Å². The minimum atomic E-state index is -0.950. The molecule has 0 unspecified atom stereocenters. The molecule has 0 saturated carbocycles. The summed E-state index contributed by atoms with van der Waals surface area (Å²) in [5, 5.41) is 2.62. The van der Waals surface area contributed by atoms with Crippen LogP contribution in [-0.2, 0) is 19.7 Å². The molecule has 0 aliphatic rings. The number of benzene rings is 2. The number of nitrogens with two attached hydrogens (primary N) is 1. The number of hydrogen-bond acceptors (Lipinski definition) is 5. The zero-order valence-electron chi connectivity index (χ0n) is 18.4. The van der Waals surface area contributed by atoms with Crippen molar-refractivity contribution in [1.29, 1.82) is 0 Å². The second-order valence-corrected chi connectivity index (χ2v) is 8.29. The monoisotopic (exact) mass is 426 g/mol. The lowest BCUT2D eigenvalue weighted by atomic mass is 9.87. The smallest absolute Gasteiger partial charge is 0.306 e. The topological polar surface area (TPSA) is 108 Å². The van der Waals surface area contributed by atoms with E-state index in [4.69, 9.17) is 15.2 Å². The van der Waals surface area contributed by atoms with E-state index in [2.05, 4.69) is 26.1 Å². The highest BCUT2D eigenvalue weighted by molar-refractivity contribution is 5.96. The van der Waals surface area contributed by atoms with Crippen LogP contribution in [0.5, 0.6) is 5.75 Å². The summed E-state index contributed by atoms with van der Waals surface area (Å²) in [5.74, 6) is -0.740. The van der Waals surface area contributed by atoms with Crippen molar-refractivity contribution in [2.45, 2.75) is 52.1 Å². The van der Waals surface area contributed by atoms with Crippen molar-refractivity contribution < 1.29 is 23.9 Å². The van der Waals surface area contributed by atoms with Crippen LogP contribution >= 0.6 is 0 Å². The van der Waals surface area contributed by atoms with Gasteiger partial charge in [0.05, 0.1) is 6.61 Å². The molecule has 0 saturated heterocycles. The van der Waals surface area contributed by atoms with Gasteiger partial charge in [-0.25, -0.2) is 0 Å². The first-order valence-corrected chi connectivity index (χ1v) is 10.2. The third kappa shape index (κ3) is 7.77. The van der Waals surface area contributed by atoms with E-state index in [1.54, 1.807) is 12.1 Å². The minimum absolute atomic E-state index is 0.0816. The largest absolute Gasteiger partial charge is 0.494 e. The molecule has 1 atom stereocenters. The zero-order valence-corrected chi connectivity index (χ0v) is 18.4. The van der Waals surface area contributed by atoms with Gasteiger partial charge >= 0.3 is 5.97 Å². The molecule has 0 aromatic heterocycles. The summed E-state index contributed by atoms with van der Waals surface area (Å²) in [4.78, 5) is 35.2. The van der Waals surface area contributed by atoms with Gasteiger partial charge in [0.2, 0.25) is 5.91 Å². The molecule has 2 aromatic carbocycles. The SMILES string of the molecule is C[C@H](OC(=O)CCCOc1ccc(C(C)(C)C)cc1)C(=O)Nc1ccc(C(N)=O)cc1.